The number of para-hydroxylation sites is 1. The van der Waals surface area contributed by atoms with E-state index in [1.807, 2.05) is 91.0 Å². The molecule has 0 aliphatic carbocycles. The van der Waals surface area contributed by atoms with E-state index in [-0.39, 0.29) is 5.75 Å². The van der Waals surface area contributed by atoms with E-state index >= 15 is 0 Å². The van der Waals surface area contributed by atoms with Crippen LogP contribution in [0.4, 0.5) is 0 Å². The second kappa shape index (κ2) is 12.0. The Balaban J connectivity index is 1.31. The number of phenols is 1. The molecule has 0 unspecified atom stereocenters. The number of benzene rings is 8. The van der Waals surface area contributed by atoms with Gasteiger partial charge in [0.1, 0.15) is 16.9 Å². The summed E-state index contributed by atoms with van der Waals surface area (Å²) < 4.78 is 6.19. The van der Waals surface area contributed by atoms with Gasteiger partial charge in [-0.1, -0.05) is 133 Å². The molecule has 2 heterocycles. The van der Waals surface area contributed by atoms with Gasteiger partial charge in [0.2, 0.25) is 0 Å². The third-order valence-corrected chi connectivity index (χ3v) is 9.83. The van der Waals surface area contributed by atoms with Crippen molar-refractivity contribution in [1.82, 2.24) is 15.0 Å². The summed E-state index contributed by atoms with van der Waals surface area (Å²) in [7, 11) is 0. The van der Waals surface area contributed by atoms with Gasteiger partial charge in [-0.2, -0.15) is 0 Å². The summed E-state index contributed by atoms with van der Waals surface area (Å²) in [5, 5.41) is 18.2. The molecule has 5 heteroatoms. The summed E-state index contributed by atoms with van der Waals surface area (Å²) in [6, 6.07) is 56.9. The zero-order valence-electron chi connectivity index (χ0n) is 27.9. The van der Waals surface area contributed by atoms with Crippen LogP contribution in [0.1, 0.15) is 0 Å². The Morgan fingerprint density at radius 2 is 0.981 bits per heavy atom. The van der Waals surface area contributed by atoms with E-state index in [1.54, 1.807) is 6.07 Å². The highest BCUT2D eigenvalue weighted by molar-refractivity contribution is 6.13. The zero-order chi connectivity index (χ0) is 34.6. The molecule has 8 aromatic carbocycles. The van der Waals surface area contributed by atoms with Gasteiger partial charge < -0.3 is 9.52 Å². The highest BCUT2D eigenvalue weighted by Crippen LogP contribution is 2.46. The Morgan fingerprint density at radius 1 is 0.365 bits per heavy atom. The van der Waals surface area contributed by atoms with Crippen LogP contribution < -0.4 is 0 Å². The molecule has 1 N–H and O–H groups in total. The minimum absolute atomic E-state index is 0.138. The fraction of sp³-hybridized carbons (Fsp3) is 0. The van der Waals surface area contributed by atoms with Gasteiger partial charge in [-0.3, -0.25) is 0 Å². The molecule has 0 amide bonds. The maximum absolute atomic E-state index is 11.7. The number of hydrogen-bond acceptors (Lipinski definition) is 5. The zero-order valence-corrected chi connectivity index (χ0v) is 27.9. The van der Waals surface area contributed by atoms with Crippen molar-refractivity contribution in [2.45, 2.75) is 0 Å². The Hall–Kier alpha value is -7.11. The monoisotopic (exact) mass is 667 g/mol. The van der Waals surface area contributed by atoms with E-state index in [4.69, 9.17) is 19.4 Å². The predicted octanol–water partition coefficient (Wildman–Crippen LogP) is 12.1. The molecule has 0 aliphatic rings. The molecule has 0 saturated heterocycles. The van der Waals surface area contributed by atoms with Crippen LogP contribution in [0.25, 0.3) is 99.9 Å². The fourth-order valence-corrected chi connectivity index (χ4v) is 7.42. The van der Waals surface area contributed by atoms with Gasteiger partial charge in [0.15, 0.2) is 17.5 Å². The standard InChI is InChI=1S/C47H29N3O2/c51-40-25-24-34(32-23-26-42-38(27-32)37-21-11-12-22-41(37)52-42)44(43(40)29-13-3-1-4-14-29)47-49-45(30-15-5-2-6-16-30)48-46(50-47)39-28-31-17-7-8-18-33(31)35-19-9-10-20-36(35)39/h1-28,51H. The minimum atomic E-state index is 0.138. The lowest BCUT2D eigenvalue weighted by molar-refractivity contribution is 0.477. The normalized spacial score (nSPS) is 11.5. The number of furan rings is 1. The van der Waals surface area contributed by atoms with Crippen LogP contribution in [0.15, 0.2) is 174 Å². The quantitative estimate of drug-likeness (QED) is 0.185. The molecule has 244 valence electrons. The van der Waals surface area contributed by atoms with E-state index in [0.29, 0.717) is 28.6 Å². The van der Waals surface area contributed by atoms with Crippen molar-refractivity contribution in [3.8, 4) is 62.2 Å². The Bertz CT molecular complexity index is 2970. The third-order valence-electron chi connectivity index (χ3n) is 9.83. The first-order chi connectivity index (χ1) is 25.7. The first-order valence-electron chi connectivity index (χ1n) is 17.3. The molecule has 0 fully saturated rings. The Labute approximate surface area is 299 Å². The van der Waals surface area contributed by atoms with Gasteiger partial charge in [0, 0.05) is 33.0 Å². The number of phenolic OH excluding ortho intramolecular Hbond substituents is 1. The molecular weight excluding hydrogens is 639 g/mol. The number of rotatable bonds is 5. The lowest BCUT2D eigenvalue weighted by atomic mass is 9.89. The van der Waals surface area contributed by atoms with E-state index in [1.165, 1.54) is 5.39 Å². The topological polar surface area (TPSA) is 72.0 Å². The summed E-state index contributed by atoms with van der Waals surface area (Å²) in [5.74, 6) is 1.69. The van der Waals surface area contributed by atoms with Gasteiger partial charge in [-0.05, 0) is 74.6 Å². The average molecular weight is 668 g/mol. The highest BCUT2D eigenvalue weighted by atomic mass is 16.3. The van der Waals surface area contributed by atoms with Crippen molar-refractivity contribution >= 4 is 43.5 Å². The van der Waals surface area contributed by atoms with E-state index in [0.717, 1.165) is 65.9 Å². The van der Waals surface area contributed by atoms with Crippen molar-refractivity contribution in [2.24, 2.45) is 0 Å². The Kier molecular flexibility index (Phi) is 6.89. The second-order valence-corrected chi connectivity index (χ2v) is 12.9. The smallest absolute Gasteiger partial charge is 0.165 e. The predicted molar refractivity (Wildman–Crippen MR) is 211 cm³/mol. The maximum Gasteiger partial charge on any atom is 0.165 e. The average Bonchev–Trinajstić information content (AvgIpc) is 3.59. The summed E-state index contributed by atoms with van der Waals surface area (Å²) in [5.41, 5.74) is 7.46. The Morgan fingerprint density at radius 3 is 1.79 bits per heavy atom. The fourth-order valence-electron chi connectivity index (χ4n) is 7.42. The van der Waals surface area contributed by atoms with E-state index < -0.39 is 0 Å². The molecule has 52 heavy (non-hydrogen) atoms. The number of fused-ring (bicyclic) bond motifs is 6. The van der Waals surface area contributed by atoms with E-state index in [2.05, 4.69) is 72.8 Å². The first-order valence-corrected chi connectivity index (χ1v) is 17.3. The van der Waals surface area contributed by atoms with Crippen molar-refractivity contribution in [3.63, 3.8) is 0 Å². The molecule has 0 radical (unpaired) electrons. The summed E-state index contributed by atoms with van der Waals surface area (Å²) in [6.07, 6.45) is 0. The molecule has 2 aromatic heterocycles. The van der Waals surface area contributed by atoms with Crippen molar-refractivity contribution < 1.29 is 9.52 Å². The molecule has 5 nitrogen and oxygen atoms in total. The molecule has 0 bridgehead atoms. The second-order valence-electron chi connectivity index (χ2n) is 12.9. The summed E-state index contributed by atoms with van der Waals surface area (Å²) >= 11 is 0. The molecule has 10 aromatic rings. The first kappa shape index (κ1) is 29.8. The van der Waals surface area contributed by atoms with Crippen molar-refractivity contribution in [1.29, 1.82) is 0 Å². The number of hydrogen-bond donors (Lipinski definition) is 1. The summed E-state index contributed by atoms with van der Waals surface area (Å²) in [6.45, 7) is 0. The van der Waals surface area contributed by atoms with Crippen LogP contribution in [0, 0.1) is 0 Å². The maximum atomic E-state index is 11.7. The van der Waals surface area contributed by atoms with Crippen LogP contribution in [0.5, 0.6) is 5.75 Å². The van der Waals surface area contributed by atoms with Crippen LogP contribution >= 0.6 is 0 Å². The van der Waals surface area contributed by atoms with Gasteiger partial charge in [-0.15, -0.1) is 0 Å². The number of nitrogens with zero attached hydrogens (tertiary/aromatic N) is 3. The third kappa shape index (κ3) is 4.90. The largest absolute Gasteiger partial charge is 0.507 e. The molecule has 0 spiro atoms. The van der Waals surface area contributed by atoms with Crippen LogP contribution in [-0.4, -0.2) is 20.1 Å². The van der Waals surface area contributed by atoms with Gasteiger partial charge in [0.05, 0.1) is 0 Å². The van der Waals surface area contributed by atoms with Gasteiger partial charge in [0.25, 0.3) is 0 Å². The minimum Gasteiger partial charge on any atom is -0.507 e. The molecule has 0 saturated carbocycles. The number of aromatic nitrogens is 3. The van der Waals surface area contributed by atoms with Gasteiger partial charge in [-0.25, -0.2) is 15.0 Å². The highest BCUT2D eigenvalue weighted by Gasteiger charge is 2.24. The number of aromatic hydroxyl groups is 1. The van der Waals surface area contributed by atoms with Crippen LogP contribution in [0.3, 0.4) is 0 Å². The van der Waals surface area contributed by atoms with Crippen molar-refractivity contribution in [3.05, 3.63) is 170 Å². The van der Waals surface area contributed by atoms with Gasteiger partial charge >= 0.3 is 0 Å². The lowest BCUT2D eigenvalue weighted by Crippen LogP contribution is -2.03. The van der Waals surface area contributed by atoms with Crippen LogP contribution in [0.2, 0.25) is 0 Å². The lowest BCUT2D eigenvalue weighted by Gasteiger charge is -2.18. The summed E-state index contributed by atoms with van der Waals surface area (Å²) in [4.78, 5) is 15.7. The van der Waals surface area contributed by atoms with Crippen molar-refractivity contribution in [2.75, 3.05) is 0 Å². The SMILES string of the molecule is Oc1ccc(-c2ccc3oc4ccccc4c3c2)c(-c2nc(-c3ccccc3)nc(-c3cc4ccccc4c4ccccc34)n2)c1-c1ccccc1. The van der Waals surface area contributed by atoms with E-state index in [9.17, 15) is 5.11 Å². The molecule has 0 atom stereocenters. The van der Waals surface area contributed by atoms with Crippen LogP contribution in [-0.2, 0) is 0 Å². The molecule has 0 aliphatic heterocycles. The molecule has 10 rings (SSSR count). The molecular formula is C47H29N3O2.